The maximum Gasteiger partial charge on any atom is 0.707 e. The monoisotopic (exact) mass is 208 g/mol. The second kappa shape index (κ2) is 3.91. The summed E-state index contributed by atoms with van der Waals surface area (Å²) in [5.41, 5.74) is 0. The highest BCUT2D eigenvalue weighted by molar-refractivity contribution is 6.34. The van der Waals surface area contributed by atoms with E-state index in [9.17, 15) is 8.78 Å². The summed E-state index contributed by atoms with van der Waals surface area (Å²) in [5, 5.41) is 16.0. The second-order valence-electron chi connectivity index (χ2n) is 2.15. The van der Waals surface area contributed by atoms with Crippen LogP contribution in [0.2, 0.25) is 5.02 Å². The number of hydrogen-bond donors (Lipinski definition) is 2. The first-order valence-corrected chi connectivity index (χ1v) is 3.56. The molecule has 13 heavy (non-hydrogen) atoms. The Morgan fingerprint density at radius 1 is 1.23 bits per heavy atom. The van der Waals surface area contributed by atoms with E-state index in [0.717, 1.165) is 12.1 Å². The van der Waals surface area contributed by atoms with Crippen LogP contribution in [0.5, 0.6) is 5.75 Å². The van der Waals surface area contributed by atoms with Crippen molar-refractivity contribution in [3.63, 3.8) is 0 Å². The van der Waals surface area contributed by atoms with E-state index in [0.29, 0.717) is 0 Å². The molecule has 0 spiro atoms. The van der Waals surface area contributed by atoms with Crippen molar-refractivity contribution in [1.29, 1.82) is 0 Å². The van der Waals surface area contributed by atoms with Crippen molar-refractivity contribution in [3.8, 4) is 5.75 Å². The molecule has 0 amide bonds. The molecular formula is C6H4BClF2O3. The summed E-state index contributed by atoms with van der Waals surface area (Å²) in [4.78, 5) is 0. The van der Waals surface area contributed by atoms with Crippen molar-refractivity contribution >= 4 is 18.9 Å². The van der Waals surface area contributed by atoms with Gasteiger partial charge in [0, 0.05) is 12.1 Å². The Morgan fingerprint density at radius 2 is 1.69 bits per heavy atom. The highest BCUT2D eigenvalue weighted by atomic mass is 35.5. The van der Waals surface area contributed by atoms with Crippen LogP contribution in [0.25, 0.3) is 0 Å². The highest BCUT2D eigenvalue weighted by Crippen LogP contribution is 2.24. The van der Waals surface area contributed by atoms with Crippen molar-refractivity contribution in [1.82, 2.24) is 0 Å². The maximum atomic E-state index is 12.7. The van der Waals surface area contributed by atoms with Gasteiger partial charge in [-0.05, 0) is 0 Å². The Hall–Kier alpha value is -0.845. The zero-order chi connectivity index (χ0) is 10.0. The van der Waals surface area contributed by atoms with Gasteiger partial charge >= 0.3 is 7.32 Å². The molecule has 2 N–H and O–H groups in total. The molecule has 0 saturated carbocycles. The highest BCUT2D eigenvalue weighted by Gasteiger charge is 2.15. The first-order valence-electron chi connectivity index (χ1n) is 3.18. The van der Waals surface area contributed by atoms with Gasteiger partial charge in [0.15, 0.2) is 0 Å². The van der Waals surface area contributed by atoms with Crippen LogP contribution in [0, 0.1) is 11.6 Å². The van der Waals surface area contributed by atoms with E-state index < -0.39 is 24.0 Å². The Morgan fingerprint density at radius 3 is 2.08 bits per heavy atom. The Labute approximate surface area is 77.7 Å². The van der Waals surface area contributed by atoms with Gasteiger partial charge in [-0.2, -0.15) is 0 Å². The summed E-state index contributed by atoms with van der Waals surface area (Å²) in [6, 6.07) is 1.48. The molecule has 1 aromatic rings. The predicted molar refractivity (Wildman–Crippen MR) is 42.2 cm³/mol. The molecule has 0 fully saturated rings. The minimum Gasteiger partial charge on any atom is -0.512 e. The molecule has 0 atom stereocenters. The van der Waals surface area contributed by atoms with E-state index >= 15 is 0 Å². The lowest BCUT2D eigenvalue weighted by Crippen LogP contribution is -2.20. The third-order valence-corrected chi connectivity index (χ3v) is 1.56. The van der Waals surface area contributed by atoms with E-state index in [1.807, 2.05) is 0 Å². The Balaban J connectivity index is 2.99. The number of rotatable bonds is 2. The van der Waals surface area contributed by atoms with Crippen LogP contribution < -0.4 is 4.65 Å². The quantitative estimate of drug-likeness (QED) is 0.562. The van der Waals surface area contributed by atoms with E-state index in [-0.39, 0.29) is 5.75 Å². The molecule has 0 aliphatic heterocycles. The van der Waals surface area contributed by atoms with E-state index in [4.69, 9.17) is 21.6 Å². The molecular weight excluding hydrogens is 204 g/mol. The topological polar surface area (TPSA) is 49.7 Å². The largest absolute Gasteiger partial charge is 0.707 e. The first-order chi connectivity index (χ1) is 6.00. The summed E-state index contributed by atoms with van der Waals surface area (Å²) in [6.45, 7) is 0. The minimum atomic E-state index is -2.13. The first kappa shape index (κ1) is 10.2. The van der Waals surface area contributed by atoms with Gasteiger partial charge in [0.1, 0.15) is 22.4 Å². The lowest BCUT2D eigenvalue weighted by Gasteiger charge is -2.05. The third-order valence-electron chi connectivity index (χ3n) is 1.20. The average molecular weight is 208 g/mol. The second-order valence-corrected chi connectivity index (χ2v) is 2.52. The SMILES string of the molecule is OB(O)Oc1cc(F)c(Cl)c(F)c1. The van der Waals surface area contributed by atoms with Crippen LogP contribution in [0.4, 0.5) is 8.78 Å². The molecule has 0 aliphatic carbocycles. The molecule has 1 rings (SSSR count). The van der Waals surface area contributed by atoms with Crippen LogP contribution in [-0.4, -0.2) is 17.4 Å². The van der Waals surface area contributed by atoms with Crippen molar-refractivity contribution < 1.29 is 23.5 Å². The molecule has 7 heteroatoms. The Kier molecular flexibility index (Phi) is 3.08. The van der Waals surface area contributed by atoms with Crippen LogP contribution in [-0.2, 0) is 0 Å². The molecule has 0 radical (unpaired) electrons. The molecule has 3 nitrogen and oxygen atoms in total. The Bertz CT molecular complexity index is 298. The maximum absolute atomic E-state index is 12.7. The summed E-state index contributed by atoms with van der Waals surface area (Å²) in [7, 11) is -2.13. The smallest absolute Gasteiger partial charge is 0.512 e. The summed E-state index contributed by atoms with van der Waals surface area (Å²) in [6.07, 6.45) is 0. The van der Waals surface area contributed by atoms with Gasteiger partial charge in [0.05, 0.1) is 0 Å². The molecule has 70 valence electrons. The fraction of sp³-hybridized carbons (Fsp3) is 0. The van der Waals surface area contributed by atoms with Crippen molar-refractivity contribution in [2.24, 2.45) is 0 Å². The van der Waals surface area contributed by atoms with Crippen LogP contribution in [0.1, 0.15) is 0 Å². The van der Waals surface area contributed by atoms with Crippen LogP contribution >= 0.6 is 11.6 Å². The van der Waals surface area contributed by atoms with Gasteiger partial charge in [-0.3, -0.25) is 0 Å². The summed E-state index contributed by atoms with van der Waals surface area (Å²) < 4.78 is 29.6. The van der Waals surface area contributed by atoms with Gasteiger partial charge < -0.3 is 14.7 Å². The molecule has 0 saturated heterocycles. The normalized spacial score (nSPS) is 9.92. The number of hydrogen-bond acceptors (Lipinski definition) is 3. The molecule has 1 aromatic carbocycles. The lowest BCUT2D eigenvalue weighted by atomic mass is 10.2. The van der Waals surface area contributed by atoms with E-state index in [2.05, 4.69) is 4.65 Å². The van der Waals surface area contributed by atoms with E-state index in [1.165, 1.54) is 0 Å². The van der Waals surface area contributed by atoms with Crippen LogP contribution in [0.15, 0.2) is 12.1 Å². The minimum absolute atomic E-state index is 0.352. The summed E-state index contributed by atoms with van der Waals surface area (Å²) >= 11 is 5.16. The molecule has 0 unspecified atom stereocenters. The summed E-state index contributed by atoms with van der Waals surface area (Å²) in [5.74, 6) is -2.41. The molecule has 0 bridgehead atoms. The lowest BCUT2D eigenvalue weighted by molar-refractivity contribution is 0.287. The predicted octanol–water partition coefficient (Wildman–Crippen LogP) is 0.966. The average Bonchev–Trinajstić information content (AvgIpc) is 1.98. The molecule has 0 heterocycles. The van der Waals surface area contributed by atoms with Gasteiger partial charge in [-0.1, -0.05) is 11.6 Å². The van der Waals surface area contributed by atoms with Crippen molar-refractivity contribution in [2.45, 2.75) is 0 Å². The van der Waals surface area contributed by atoms with Gasteiger partial charge in [-0.15, -0.1) is 0 Å². The standard InChI is InChI=1S/C6H4BClF2O3/c8-6-4(9)1-3(2-5(6)10)13-7(11)12/h1-2,11-12H. The fourth-order valence-corrected chi connectivity index (χ4v) is 0.831. The zero-order valence-corrected chi connectivity index (χ0v) is 6.92. The van der Waals surface area contributed by atoms with E-state index in [1.54, 1.807) is 0 Å². The third kappa shape index (κ3) is 2.55. The van der Waals surface area contributed by atoms with Crippen molar-refractivity contribution in [3.05, 3.63) is 28.8 Å². The fourth-order valence-electron chi connectivity index (χ4n) is 0.722. The van der Waals surface area contributed by atoms with Gasteiger partial charge in [0.25, 0.3) is 0 Å². The number of halogens is 3. The zero-order valence-electron chi connectivity index (χ0n) is 6.17. The van der Waals surface area contributed by atoms with Crippen molar-refractivity contribution in [2.75, 3.05) is 0 Å². The number of benzene rings is 1. The van der Waals surface area contributed by atoms with Crippen LogP contribution in [0.3, 0.4) is 0 Å². The van der Waals surface area contributed by atoms with Gasteiger partial charge in [0.2, 0.25) is 0 Å². The molecule has 0 aliphatic rings. The van der Waals surface area contributed by atoms with Gasteiger partial charge in [-0.25, -0.2) is 8.78 Å². The molecule has 0 aromatic heterocycles.